The van der Waals surface area contributed by atoms with Crippen molar-refractivity contribution in [2.75, 3.05) is 5.75 Å². The summed E-state index contributed by atoms with van der Waals surface area (Å²) in [6.07, 6.45) is -10.3. The maximum absolute atomic E-state index is 14.4. The van der Waals surface area contributed by atoms with Gasteiger partial charge in [-0.25, -0.2) is 4.39 Å². The van der Waals surface area contributed by atoms with E-state index in [1.54, 1.807) is 18.2 Å². The van der Waals surface area contributed by atoms with E-state index in [-0.39, 0.29) is 17.8 Å². The summed E-state index contributed by atoms with van der Waals surface area (Å²) < 4.78 is 95.8. The number of nitrogens with zero attached hydrogens (tertiary/aromatic N) is 1. The van der Waals surface area contributed by atoms with Crippen molar-refractivity contribution in [2.45, 2.75) is 31.5 Å². The number of halogens is 10. The Hall–Kier alpha value is -1.66. The predicted octanol–water partition coefficient (Wildman–Crippen LogP) is 8.40. The smallest absolute Gasteiger partial charge is 0.404 e. The van der Waals surface area contributed by atoms with Crippen LogP contribution in [0.15, 0.2) is 41.5 Å². The highest BCUT2D eigenvalue weighted by atomic mass is 35.5. The van der Waals surface area contributed by atoms with Gasteiger partial charge in [0.15, 0.2) is 0 Å². The molecule has 2 rings (SSSR count). The maximum atomic E-state index is 14.4. The lowest BCUT2D eigenvalue weighted by atomic mass is 9.94. The molecule has 0 saturated carbocycles. The predicted molar refractivity (Wildman–Crippen MR) is 128 cm³/mol. The van der Waals surface area contributed by atoms with E-state index < -0.39 is 33.6 Å². The first-order chi connectivity index (χ1) is 16.2. The minimum absolute atomic E-state index is 0.185. The standard InChI is InChI=1S/C21H17Cl3F7N3S/c1-2-35-34-10-12-5-11(3-4-15(12)22)13(8-32)9-33-18-16(23)6-14(7-17(18)24)19(25,20(26,27)28)21(29,30)31/h3-9,34H,2,10,32H2,1H3. The molecule has 0 fully saturated rings. The van der Waals surface area contributed by atoms with Crippen molar-refractivity contribution in [1.29, 1.82) is 0 Å². The molecule has 192 valence electrons. The van der Waals surface area contributed by atoms with Gasteiger partial charge in [-0.05, 0) is 35.4 Å². The van der Waals surface area contributed by atoms with E-state index in [2.05, 4.69) is 9.71 Å². The first-order valence-electron chi connectivity index (χ1n) is 9.58. The fourth-order valence-corrected chi connectivity index (χ4v) is 4.07. The molecule has 0 aliphatic rings. The van der Waals surface area contributed by atoms with Gasteiger partial charge >= 0.3 is 18.0 Å². The molecule has 0 bridgehead atoms. The summed E-state index contributed by atoms with van der Waals surface area (Å²) in [4.78, 5) is 3.95. The molecule has 0 heterocycles. The van der Waals surface area contributed by atoms with Crippen LogP contribution in [0.5, 0.6) is 0 Å². The van der Waals surface area contributed by atoms with Gasteiger partial charge in [-0.15, -0.1) is 0 Å². The summed E-state index contributed by atoms with van der Waals surface area (Å²) in [5.74, 6) is 0.827. The van der Waals surface area contributed by atoms with Gasteiger partial charge in [-0.1, -0.05) is 59.7 Å². The van der Waals surface area contributed by atoms with Crippen molar-refractivity contribution >= 4 is 64.2 Å². The van der Waals surface area contributed by atoms with Crippen LogP contribution in [-0.4, -0.2) is 24.3 Å². The van der Waals surface area contributed by atoms with E-state index in [1.807, 2.05) is 6.92 Å². The zero-order chi connectivity index (χ0) is 26.6. The minimum atomic E-state index is -6.31. The molecule has 0 unspecified atom stereocenters. The van der Waals surface area contributed by atoms with Crippen LogP contribution in [0.25, 0.3) is 5.57 Å². The molecule has 3 N–H and O–H groups in total. The summed E-state index contributed by atoms with van der Waals surface area (Å²) in [6, 6.07) is 5.33. The van der Waals surface area contributed by atoms with E-state index in [0.717, 1.165) is 17.5 Å². The molecule has 0 saturated heterocycles. The van der Waals surface area contributed by atoms with Crippen LogP contribution in [0.1, 0.15) is 23.6 Å². The Morgan fingerprint density at radius 3 is 2.03 bits per heavy atom. The molecular formula is C21H17Cl3F7N3S. The number of benzene rings is 2. The Kier molecular flexibility index (Phi) is 9.80. The Morgan fingerprint density at radius 1 is 0.971 bits per heavy atom. The van der Waals surface area contributed by atoms with Crippen LogP contribution >= 0.6 is 46.8 Å². The summed E-state index contributed by atoms with van der Waals surface area (Å²) >= 11 is 19.4. The zero-order valence-electron chi connectivity index (χ0n) is 17.7. The summed E-state index contributed by atoms with van der Waals surface area (Å²) in [7, 11) is 0. The van der Waals surface area contributed by atoms with E-state index in [4.69, 9.17) is 40.5 Å². The van der Waals surface area contributed by atoms with Crippen molar-refractivity contribution in [3.63, 3.8) is 0 Å². The highest BCUT2D eigenvalue weighted by Crippen LogP contribution is 2.54. The first kappa shape index (κ1) is 29.6. The zero-order valence-corrected chi connectivity index (χ0v) is 20.8. The van der Waals surface area contributed by atoms with E-state index in [1.165, 1.54) is 18.1 Å². The number of nitrogens with one attached hydrogen (secondary N) is 1. The third-order valence-electron chi connectivity index (χ3n) is 4.60. The second-order valence-electron chi connectivity index (χ2n) is 6.88. The molecule has 0 atom stereocenters. The number of nitrogens with two attached hydrogens (primary N) is 1. The largest absolute Gasteiger partial charge is 0.435 e. The minimum Gasteiger partial charge on any atom is -0.404 e. The normalized spacial score (nSPS) is 13.6. The highest BCUT2D eigenvalue weighted by Gasteiger charge is 2.73. The average Bonchev–Trinajstić information content (AvgIpc) is 2.75. The lowest BCUT2D eigenvalue weighted by Crippen LogP contribution is -2.50. The van der Waals surface area contributed by atoms with Gasteiger partial charge in [0.2, 0.25) is 0 Å². The SMILES string of the molecule is CCSNCc1cc(C(C=Nc2c(Cl)cc(C(F)(C(F)(F)F)C(F)(F)F)cc2Cl)=CN)ccc1Cl. The Balaban J connectivity index is 2.44. The fourth-order valence-electron chi connectivity index (χ4n) is 2.84. The van der Waals surface area contributed by atoms with Gasteiger partial charge in [-0.3, -0.25) is 9.71 Å². The van der Waals surface area contributed by atoms with Gasteiger partial charge in [0.05, 0.1) is 10.0 Å². The van der Waals surface area contributed by atoms with E-state index in [0.29, 0.717) is 22.7 Å². The lowest BCUT2D eigenvalue weighted by molar-refractivity contribution is -0.348. The van der Waals surface area contributed by atoms with Gasteiger partial charge in [0.25, 0.3) is 0 Å². The van der Waals surface area contributed by atoms with Crippen LogP contribution < -0.4 is 10.5 Å². The quantitative estimate of drug-likeness (QED) is 0.142. The monoisotopic (exact) mass is 581 g/mol. The summed E-state index contributed by atoms with van der Waals surface area (Å²) in [5, 5.41) is -0.974. The molecule has 0 amide bonds. The number of hydrogen-bond acceptors (Lipinski definition) is 4. The molecule has 3 nitrogen and oxygen atoms in total. The number of rotatable bonds is 8. The Bertz CT molecular complexity index is 1080. The molecule has 2 aromatic carbocycles. The van der Waals surface area contributed by atoms with Crippen LogP contribution in [-0.2, 0) is 12.2 Å². The summed E-state index contributed by atoms with van der Waals surface area (Å²) in [5.41, 5.74) is -0.613. The molecule has 0 aliphatic heterocycles. The Labute approximate surface area is 215 Å². The van der Waals surface area contributed by atoms with Crippen LogP contribution in [0.3, 0.4) is 0 Å². The molecule has 14 heteroatoms. The lowest BCUT2D eigenvalue weighted by Gasteiger charge is -2.30. The second-order valence-corrected chi connectivity index (χ2v) is 9.26. The third-order valence-corrected chi connectivity index (χ3v) is 6.18. The number of hydrogen-bond donors (Lipinski definition) is 2. The molecule has 35 heavy (non-hydrogen) atoms. The number of alkyl halides is 7. The van der Waals surface area contributed by atoms with Gasteiger partial charge in [-0.2, -0.15) is 26.3 Å². The number of allylic oxidation sites excluding steroid dienone is 1. The molecule has 0 radical (unpaired) electrons. The van der Waals surface area contributed by atoms with Crippen molar-refractivity contribution < 1.29 is 30.7 Å². The van der Waals surface area contributed by atoms with E-state index >= 15 is 0 Å². The van der Waals surface area contributed by atoms with Gasteiger partial charge in [0.1, 0.15) is 5.69 Å². The van der Waals surface area contributed by atoms with Gasteiger partial charge in [0, 0.05) is 40.9 Å². The molecule has 0 aromatic heterocycles. The highest BCUT2D eigenvalue weighted by molar-refractivity contribution is 7.97. The third kappa shape index (κ3) is 6.56. The van der Waals surface area contributed by atoms with Crippen molar-refractivity contribution in [3.8, 4) is 0 Å². The first-order valence-corrected chi connectivity index (χ1v) is 11.7. The average molecular weight is 583 g/mol. The number of aliphatic imine (C=N–C) groups is 1. The van der Waals surface area contributed by atoms with Gasteiger partial charge < -0.3 is 5.73 Å². The van der Waals surface area contributed by atoms with Crippen molar-refractivity contribution in [3.05, 3.63) is 68.3 Å². The van der Waals surface area contributed by atoms with Crippen LogP contribution in [0.2, 0.25) is 15.1 Å². The summed E-state index contributed by atoms with van der Waals surface area (Å²) in [6.45, 7) is 2.40. The van der Waals surface area contributed by atoms with Crippen LogP contribution in [0.4, 0.5) is 36.4 Å². The molecule has 2 aromatic rings. The fraction of sp³-hybridized carbons (Fsp3) is 0.286. The maximum Gasteiger partial charge on any atom is 0.435 e. The van der Waals surface area contributed by atoms with Crippen LogP contribution in [0, 0.1) is 0 Å². The molecular weight excluding hydrogens is 566 g/mol. The molecule has 0 aliphatic carbocycles. The second kappa shape index (κ2) is 11.6. The topological polar surface area (TPSA) is 50.4 Å². The van der Waals surface area contributed by atoms with E-state index in [9.17, 15) is 30.7 Å². The van der Waals surface area contributed by atoms with Crippen molar-refractivity contribution in [1.82, 2.24) is 4.72 Å². The van der Waals surface area contributed by atoms with Crippen molar-refractivity contribution in [2.24, 2.45) is 10.7 Å². The molecule has 0 spiro atoms. The Morgan fingerprint density at radius 2 is 1.54 bits per heavy atom.